The molecule has 2 unspecified atom stereocenters. The van der Waals surface area contributed by atoms with Crippen LogP contribution in [0, 0.1) is 5.92 Å². The van der Waals surface area contributed by atoms with E-state index in [-0.39, 0.29) is 25.7 Å². The molecule has 3 N–H and O–H groups in total. The van der Waals surface area contributed by atoms with Crippen molar-refractivity contribution < 1.29 is 80.2 Å². The number of ether oxygens (including phenoxy) is 4. The fraction of sp³-hybridized carbons (Fsp3) is 0.949. The maximum absolute atomic E-state index is 13.1. The summed E-state index contributed by atoms with van der Waals surface area (Å²) in [5.41, 5.74) is 0. The smallest absolute Gasteiger partial charge is 0.462 e. The quantitative estimate of drug-likeness (QED) is 0.0222. The standard InChI is InChI=1S/C79H154O17P2/c1-6-9-12-15-18-21-23-25-27-29-31-32-33-34-36-38-40-42-44-49-54-59-64-78(83)95-74(69-90-77(82)63-58-53-48-43-41-39-37-35-30-28-26-24-22-19-16-13-10-7-2)70-93-97(85,86)91-66-73(80)67-92-98(87,88)94-71-75(68-89-76(81)62-57-52-47-20-17-14-11-8-3)96-79(84)65-60-55-50-45-46-51-56-61-72(4)5/h72-75,80H,6-71H2,1-5H3,(H,85,86)(H,87,88)/t73-,74-,75-/m1/s1. The van der Waals surface area contributed by atoms with Gasteiger partial charge in [-0.05, 0) is 31.6 Å². The fourth-order valence-corrected chi connectivity index (χ4v) is 13.8. The Morgan fingerprint density at radius 3 is 0.694 bits per heavy atom. The zero-order valence-electron chi connectivity index (χ0n) is 63.9. The van der Waals surface area contributed by atoms with Gasteiger partial charge in [-0.2, -0.15) is 0 Å². The predicted octanol–water partition coefficient (Wildman–Crippen LogP) is 23.6. The van der Waals surface area contributed by atoms with Crippen LogP contribution in [0.3, 0.4) is 0 Å². The molecular weight excluding hydrogens is 1280 g/mol. The Kier molecular flexibility index (Phi) is 70.6. The molecule has 0 aromatic rings. The van der Waals surface area contributed by atoms with Gasteiger partial charge in [0.25, 0.3) is 0 Å². The average Bonchev–Trinajstić information content (AvgIpc) is 1.07. The van der Waals surface area contributed by atoms with Crippen molar-refractivity contribution in [2.75, 3.05) is 39.6 Å². The number of aliphatic hydroxyl groups is 1. The van der Waals surface area contributed by atoms with Crippen LogP contribution < -0.4 is 0 Å². The molecule has 0 saturated carbocycles. The van der Waals surface area contributed by atoms with E-state index in [0.717, 1.165) is 96.3 Å². The predicted molar refractivity (Wildman–Crippen MR) is 400 cm³/mol. The van der Waals surface area contributed by atoms with E-state index in [2.05, 4.69) is 34.6 Å². The lowest BCUT2D eigenvalue weighted by Gasteiger charge is -2.21. The number of hydrogen-bond donors (Lipinski definition) is 3. The number of carbonyl (C=O) groups excluding carboxylic acids is 4. The van der Waals surface area contributed by atoms with Crippen molar-refractivity contribution >= 4 is 39.5 Å². The van der Waals surface area contributed by atoms with Crippen LogP contribution in [0.25, 0.3) is 0 Å². The minimum atomic E-state index is -4.96. The van der Waals surface area contributed by atoms with Gasteiger partial charge in [-0.3, -0.25) is 37.3 Å². The summed E-state index contributed by atoms with van der Waals surface area (Å²) in [7, 11) is -9.91. The van der Waals surface area contributed by atoms with E-state index in [4.69, 9.17) is 37.0 Å². The Balaban J connectivity index is 5.15. The van der Waals surface area contributed by atoms with E-state index in [9.17, 15) is 43.2 Å². The zero-order valence-corrected chi connectivity index (χ0v) is 65.7. The van der Waals surface area contributed by atoms with Gasteiger partial charge in [-0.1, -0.05) is 369 Å². The first-order valence-corrected chi connectivity index (χ1v) is 44.1. The normalized spacial score (nSPS) is 13.9. The van der Waals surface area contributed by atoms with Crippen molar-refractivity contribution in [2.45, 2.75) is 438 Å². The van der Waals surface area contributed by atoms with Crippen molar-refractivity contribution in [3.05, 3.63) is 0 Å². The van der Waals surface area contributed by atoms with Crippen molar-refractivity contribution in [1.29, 1.82) is 0 Å². The lowest BCUT2D eigenvalue weighted by atomic mass is 10.0. The number of phosphoric ester groups is 2. The molecule has 0 heterocycles. The number of unbranched alkanes of at least 4 members (excludes halogenated alkanes) is 51. The van der Waals surface area contributed by atoms with Crippen molar-refractivity contribution in [3.63, 3.8) is 0 Å². The Hall–Kier alpha value is -1.94. The number of hydrogen-bond acceptors (Lipinski definition) is 15. The van der Waals surface area contributed by atoms with Gasteiger partial charge in [0.05, 0.1) is 26.4 Å². The van der Waals surface area contributed by atoms with E-state index >= 15 is 0 Å². The molecule has 0 amide bonds. The van der Waals surface area contributed by atoms with E-state index < -0.39 is 97.5 Å². The fourth-order valence-electron chi connectivity index (χ4n) is 12.2. The van der Waals surface area contributed by atoms with Gasteiger partial charge in [0, 0.05) is 25.7 Å². The molecule has 0 saturated heterocycles. The first-order chi connectivity index (χ1) is 47.5. The maximum Gasteiger partial charge on any atom is 0.472 e. The highest BCUT2D eigenvalue weighted by Gasteiger charge is 2.30. The maximum atomic E-state index is 13.1. The minimum Gasteiger partial charge on any atom is -0.462 e. The van der Waals surface area contributed by atoms with Crippen LogP contribution in [0.15, 0.2) is 0 Å². The third kappa shape index (κ3) is 72.4. The van der Waals surface area contributed by atoms with Gasteiger partial charge in [-0.25, -0.2) is 9.13 Å². The highest BCUT2D eigenvalue weighted by atomic mass is 31.2. The van der Waals surface area contributed by atoms with Crippen LogP contribution in [-0.2, 0) is 65.4 Å². The van der Waals surface area contributed by atoms with E-state index in [0.29, 0.717) is 31.6 Å². The highest BCUT2D eigenvalue weighted by molar-refractivity contribution is 7.47. The van der Waals surface area contributed by atoms with Gasteiger partial charge in [0.2, 0.25) is 0 Å². The van der Waals surface area contributed by atoms with Crippen LogP contribution in [0.2, 0.25) is 0 Å². The Morgan fingerprint density at radius 2 is 0.469 bits per heavy atom. The van der Waals surface area contributed by atoms with Crippen LogP contribution in [0.4, 0.5) is 0 Å². The molecule has 0 bridgehead atoms. The SMILES string of the molecule is CCCCCCCCCCCCCCCCCCCCCCCCC(=O)O[C@H](COC(=O)CCCCCCCCCCCCCCCCCCCC)COP(=O)(O)OC[C@@H](O)COP(=O)(O)OC[C@@H](COC(=O)CCCCCCCCCC)OC(=O)CCCCCCCCCC(C)C. The van der Waals surface area contributed by atoms with E-state index in [1.165, 1.54) is 238 Å². The summed E-state index contributed by atoms with van der Waals surface area (Å²) in [4.78, 5) is 72.7. The van der Waals surface area contributed by atoms with Crippen molar-refractivity contribution in [1.82, 2.24) is 0 Å². The number of rotatable bonds is 79. The van der Waals surface area contributed by atoms with Crippen LogP contribution in [0.1, 0.15) is 420 Å². The van der Waals surface area contributed by atoms with Gasteiger partial charge >= 0.3 is 39.5 Å². The monoisotopic (exact) mass is 1440 g/mol. The molecular formula is C79H154O17P2. The summed E-state index contributed by atoms with van der Waals surface area (Å²) in [6, 6.07) is 0. The Bertz CT molecular complexity index is 1870. The van der Waals surface area contributed by atoms with Crippen LogP contribution >= 0.6 is 15.6 Å². The Labute approximate surface area is 600 Å². The molecule has 0 aromatic heterocycles. The van der Waals surface area contributed by atoms with E-state index in [1.54, 1.807) is 0 Å². The van der Waals surface area contributed by atoms with Crippen molar-refractivity contribution in [2.24, 2.45) is 5.92 Å². The topological polar surface area (TPSA) is 237 Å². The average molecular weight is 1440 g/mol. The van der Waals surface area contributed by atoms with Gasteiger partial charge < -0.3 is 33.8 Å². The summed E-state index contributed by atoms with van der Waals surface area (Å²) >= 11 is 0. The molecule has 0 fully saturated rings. The minimum absolute atomic E-state index is 0.104. The molecule has 5 atom stereocenters. The third-order valence-corrected chi connectivity index (χ3v) is 20.4. The molecule has 0 aliphatic heterocycles. The highest BCUT2D eigenvalue weighted by Crippen LogP contribution is 2.45. The first-order valence-electron chi connectivity index (χ1n) is 41.1. The second kappa shape index (κ2) is 72.0. The lowest BCUT2D eigenvalue weighted by Crippen LogP contribution is -2.30. The molecule has 17 nitrogen and oxygen atoms in total. The number of phosphoric acid groups is 2. The molecule has 98 heavy (non-hydrogen) atoms. The van der Waals surface area contributed by atoms with Crippen LogP contribution in [0.5, 0.6) is 0 Å². The summed E-state index contributed by atoms with van der Waals surface area (Å²) in [5.74, 6) is -1.42. The number of carbonyl (C=O) groups is 4. The largest absolute Gasteiger partial charge is 0.472 e. The molecule has 19 heteroatoms. The summed E-state index contributed by atoms with van der Waals surface area (Å²) < 4.78 is 68.5. The van der Waals surface area contributed by atoms with Crippen LogP contribution in [-0.4, -0.2) is 96.7 Å². The molecule has 0 radical (unpaired) electrons. The molecule has 0 aliphatic carbocycles. The second-order valence-electron chi connectivity index (χ2n) is 28.9. The molecule has 0 rings (SSSR count). The Morgan fingerprint density at radius 1 is 0.276 bits per heavy atom. The van der Waals surface area contributed by atoms with Gasteiger partial charge in [-0.15, -0.1) is 0 Å². The number of esters is 4. The summed E-state index contributed by atoms with van der Waals surface area (Å²) in [5, 5.41) is 10.6. The first kappa shape index (κ1) is 96.1. The lowest BCUT2D eigenvalue weighted by molar-refractivity contribution is -0.161. The second-order valence-corrected chi connectivity index (χ2v) is 31.8. The van der Waals surface area contributed by atoms with Gasteiger partial charge in [0.1, 0.15) is 19.3 Å². The molecule has 0 aromatic carbocycles. The van der Waals surface area contributed by atoms with Crippen molar-refractivity contribution in [3.8, 4) is 0 Å². The summed E-state index contributed by atoms with van der Waals surface area (Å²) in [6.45, 7) is 7.21. The van der Waals surface area contributed by atoms with Gasteiger partial charge in [0.15, 0.2) is 12.2 Å². The zero-order chi connectivity index (χ0) is 71.9. The molecule has 582 valence electrons. The summed E-state index contributed by atoms with van der Waals surface area (Å²) in [6.07, 6.45) is 62.9. The third-order valence-electron chi connectivity index (χ3n) is 18.5. The molecule has 0 spiro atoms. The van der Waals surface area contributed by atoms with E-state index in [1.807, 2.05) is 0 Å². The molecule has 0 aliphatic rings. The number of aliphatic hydroxyl groups excluding tert-OH is 1.